The molecule has 0 unspecified atom stereocenters. The molecule has 3 rings (SSSR count). The third kappa shape index (κ3) is 3.32. The highest BCUT2D eigenvalue weighted by Crippen LogP contribution is 2.21. The molecular formula is C15H14N4O3S. The Hall–Kier alpha value is -2.87. The molecule has 0 aliphatic carbocycles. The van der Waals surface area contributed by atoms with Gasteiger partial charge in [0.05, 0.1) is 22.3 Å². The largest absolute Gasteiger partial charge is 0.326 e. The minimum Gasteiger partial charge on any atom is -0.326 e. The predicted molar refractivity (Wildman–Crippen MR) is 87.6 cm³/mol. The van der Waals surface area contributed by atoms with Crippen molar-refractivity contribution in [1.82, 2.24) is 10.2 Å². The number of fused-ring (bicyclic) bond motifs is 1. The zero-order valence-corrected chi connectivity index (χ0v) is 13.0. The van der Waals surface area contributed by atoms with Crippen LogP contribution in [0.1, 0.15) is 6.92 Å². The number of hydrogen-bond acceptors (Lipinski definition) is 4. The standard InChI is InChI=1S/C15H14N4O3S/c1-10(20)17-12-4-6-14(7-5-12)23(21,22)19-13-3-2-11-9-16-18-15(11)8-13/h2-9,19H,1H3,(H,16,18)(H,17,20). The van der Waals surface area contributed by atoms with E-state index in [4.69, 9.17) is 0 Å². The van der Waals surface area contributed by atoms with Gasteiger partial charge in [-0.2, -0.15) is 5.10 Å². The number of carbonyl (C=O) groups excluding carboxylic acids is 1. The van der Waals surface area contributed by atoms with Crippen molar-refractivity contribution in [3.8, 4) is 0 Å². The number of amides is 1. The van der Waals surface area contributed by atoms with Crippen molar-refractivity contribution in [3.63, 3.8) is 0 Å². The molecule has 1 aromatic heterocycles. The molecule has 8 heteroatoms. The summed E-state index contributed by atoms with van der Waals surface area (Å²) in [5, 5.41) is 10.2. The zero-order chi connectivity index (χ0) is 16.4. The molecule has 1 amide bonds. The molecule has 0 radical (unpaired) electrons. The lowest BCUT2D eigenvalue weighted by atomic mass is 10.2. The number of rotatable bonds is 4. The normalized spacial score (nSPS) is 11.3. The number of sulfonamides is 1. The second kappa shape index (κ2) is 5.73. The van der Waals surface area contributed by atoms with Crippen LogP contribution in [0.4, 0.5) is 11.4 Å². The summed E-state index contributed by atoms with van der Waals surface area (Å²) in [7, 11) is -3.71. The van der Waals surface area contributed by atoms with Crippen LogP contribution in [0.2, 0.25) is 0 Å². The van der Waals surface area contributed by atoms with Gasteiger partial charge >= 0.3 is 0 Å². The van der Waals surface area contributed by atoms with Gasteiger partial charge in [0.1, 0.15) is 0 Å². The van der Waals surface area contributed by atoms with Crippen LogP contribution in [0, 0.1) is 0 Å². The number of H-pyrrole nitrogens is 1. The minimum absolute atomic E-state index is 0.108. The van der Waals surface area contributed by atoms with Crippen LogP contribution in [0.15, 0.2) is 53.6 Å². The van der Waals surface area contributed by atoms with Crippen LogP contribution in [0.25, 0.3) is 10.9 Å². The quantitative estimate of drug-likeness (QED) is 0.683. The highest BCUT2D eigenvalue weighted by atomic mass is 32.2. The Bertz CT molecular complexity index is 962. The van der Waals surface area contributed by atoms with E-state index >= 15 is 0 Å². The molecule has 0 spiro atoms. The zero-order valence-electron chi connectivity index (χ0n) is 12.2. The second-order valence-corrected chi connectivity index (χ2v) is 6.67. The predicted octanol–water partition coefficient (Wildman–Crippen LogP) is 2.32. The topological polar surface area (TPSA) is 104 Å². The number of nitrogens with zero attached hydrogens (tertiary/aromatic N) is 1. The van der Waals surface area contributed by atoms with Gasteiger partial charge in [-0.1, -0.05) is 0 Å². The Morgan fingerprint density at radius 2 is 1.78 bits per heavy atom. The highest BCUT2D eigenvalue weighted by Gasteiger charge is 2.14. The van der Waals surface area contributed by atoms with Crippen LogP contribution in [-0.2, 0) is 14.8 Å². The van der Waals surface area contributed by atoms with Crippen LogP contribution in [0.5, 0.6) is 0 Å². The maximum Gasteiger partial charge on any atom is 0.261 e. The average molecular weight is 330 g/mol. The number of anilines is 2. The third-order valence-electron chi connectivity index (χ3n) is 3.18. The molecule has 3 N–H and O–H groups in total. The molecule has 23 heavy (non-hydrogen) atoms. The molecule has 7 nitrogen and oxygen atoms in total. The molecule has 2 aromatic carbocycles. The average Bonchev–Trinajstić information content (AvgIpc) is 2.94. The fourth-order valence-electron chi connectivity index (χ4n) is 2.14. The lowest BCUT2D eigenvalue weighted by Crippen LogP contribution is -2.13. The van der Waals surface area contributed by atoms with Gasteiger partial charge in [0.15, 0.2) is 0 Å². The Kier molecular flexibility index (Phi) is 3.75. The van der Waals surface area contributed by atoms with E-state index in [-0.39, 0.29) is 10.8 Å². The van der Waals surface area contributed by atoms with E-state index in [1.54, 1.807) is 24.4 Å². The summed E-state index contributed by atoms with van der Waals surface area (Å²) in [5.74, 6) is -0.216. The van der Waals surface area contributed by atoms with E-state index in [0.29, 0.717) is 11.4 Å². The fraction of sp³-hybridized carbons (Fsp3) is 0.0667. The van der Waals surface area contributed by atoms with Gasteiger partial charge in [-0.05, 0) is 42.5 Å². The van der Waals surface area contributed by atoms with Crippen molar-refractivity contribution in [1.29, 1.82) is 0 Å². The first-order valence-electron chi connectivity index (χ1n) is 6.78. The van der Waals surface area contributed by atoms with Crippen LogP contribution >= 0.6 is 0 Å². The monoisotopic (exact) mass is 330 g/mol. The summed E-state index contributed by atoms with van der Waals surface area (Å²) in [4.78, 5) is 11.1. The van der Waals surface area contributed by atoms with Crippen molar-refractivity contribution in [3.05, 3.63) is 48.7 Å². The number of benzene rings is 2. The first-order chi connectivity index (χ1) is 10.9. The number of hydrogen-bond donors (Lipinski definition) is 3. The molecule has 0 bridgehead atoms. The van der Waals surface area contributed by atoms with Crippen molar-refractivity contribution >= 4 is 38.2 Å². The maximum absolute atomic E-state index is 12.4. The third-order valence-corrected chi connectivity index (χ3v) is 4.58. The van der Waals surface area contributed by atoms with Gasteiger partial charge in [-0.25, -0.2) is 8.42 Å². The Morgan fingerprint density at radius 3 is 2.48 bits per heavy atom. The number of carbonyl (C=O) groups is 1. The van der Waals surface area contributed by atoms with E-state index in [9.17, 15) is 13.2 Å². The fourth-order valence-corrected chi connectivity index (χ4v) is 3.18. The van der Waals surface area contributed by atoms with Crippen molar-refractivity contribution in [2.24, 2.45) is 0 Å². The van der Waals surface area contributed by atoms with Gasteiger partial charge < -0.3 is 5.32 Å². The van der Waals surface area contributed by atoms with Crippen molar-refractivity contribution in [2.45, 2.75) is 11.8 Å². The van der Waals surface area contributed by atoms with E-state index in [2.05, 4.69) is 20.2 Å². The first kappa shape index (κ1) is 15.0. The van der Waals surface area contributed by atoms with Crippen LogP contribution < -0.4 is 10.0 Å². The van der Waals surface area contributed by atoms with Gasteiger partial charge in [0.25, 0.3) is 10.0 Å². The Labute approximate surface area is 132 Å². The number of aromatic nitrogens is 2. The summed E-state index contributed by atoms with van der Waals surface area (Å²) >= 11 is 0. The minimum atomic E-state index is -3.71. The molecule has 0 aliphatic heterocycles. The Balaban J connectivity index is 1.84. The van der Waals surface area contributed by atoms with Crippen LogP contribution in [0.3, 0.4) is 0 Å². The highest BCUT2D eigenvalue weighted by molar-refractivity contribution is 7.92. The van der Waals surface area contributed by atoms with Crippen molar-refractivity contribution < 1.29 is 13.2 Å². The van der Waals surface area contributed by atoms with E-state index in [1.807, 2.05) is 0 Å². The molecule has 0 saturated heterocycles. The molecule has 118 valence electrons. The number of aromatic amines is 1. The summed E-state index contributed by atoms with van der Waals surface area (Å²) in [5.41, 5.74) is 1.72. The van der Waals surface area contributed by atoms with E-state index in [1.165, 1.54) is 31.2 Å². The molecule has 0 atom stereocenters. The van der Waals surface area contributed by atoms with E-state index < -0.39 is 10.0 Å². The van der Waals surface area contributed by atoms with E-state index in [0.717, 1.165) is 10.9 Å². The van der Waals surface area contributed by atoms with Crippen LogP contribution in [-0.4, -0.2) is 24.5 Å². The van der Waals surface area contributed by atoms with Crippen molar-refractivity contribution in [2.75, 3.05) is 10.0 Å². The second-order valence-electron chi connectivity index (χ2n) is 4.98. The van der Waals surface area contributed by atoms with Gasteiger partial charge in [0.2, 0.25) is 5.91 Å². The molecular weight excluding hydrogens is 316 g/mol. The lowest BCUT2D eigenvalue weighted by molar-refractivity contribution is -0.114. The summed E-state index contributed by atoms with van der Waals surface area (Å²) in [6.07, 6.45) is 1.66. The molecule has 1 heterocycles. The SMILES string of the molecule is CC(=O)Nc1ccc(S(=O)(=O)Nc2ccc3cn[nH]c3c2)cc1. The summed E-state index contributed by atoms with van der Waals surface area (Å²) < 4.78 is 27.3. The maximum atomic E-state index is 12.4. The lowest BCUT2D eigenvalue weighted by Gasteiger charge is -2.09. The Morgan fingerprint density at radius 1 is 1.09 bits per heavy atom. The molecule has 0 fully saturated rings. The number of nitrogens with one attached hydrogen (secondary N) is 3. The molecule has 3 aromatic rings. The van der Waals surface area contributed by atoms with Gasteiger partial charge in [-0.15, -0.1) is 0 Å². The van der Waals surface area contributed by atoms with Gasteiger partial charge in [-0.3, -0.25) is 14.6 Å². The first-order valence-corrected chi connectivity index (χ1v) is 8.26. The molecule has 0 aliphatic rings. The summed E-state index contributed by atoms with van der Waals surface area (Å²) in [6, 6.07) is 11.1. The smallest absolute Gasteiger partial charge is 0.261 e. The molecule has 0 saturated carbocycles. The van der Waals surface area contributed by atoms with Gasteiger partial charge in [0, 0.05) is 18.0 Å². The summed E-state index contributed by atoms with van der Waals surface area (Å²) in [6.45, 7) is 1.39.